The Hall–Kier alpha value is -3.11. The van der Waals surface area contributed by atoms with Gasteiger partial charge in [0.25, 0.3) is 5.91 Å². The summed E-state index contributed by atoms with van der Waals surface area (Å²) in [6.07, 6.45) is 2.04. The van der Waals surface area contributed by atoms with E-state index in [2.05, 4.69) is 41.6 Å². The van der Waals surface area contributed by atoms with Gasteiger partial charge >= 0.3 is 0 Å². The molecular weight excluding hydrogens is 370 g/mol. The Morgan fingerprint density at radius 1 is 1.07 bits per heavy atom. The zero-order valence-corrected chi connectivity index (χ0v) is 16.2. The topological polar surface area (TPSA) is 44.7 Å². The monoisotopic (exact) mass is 389 g/mol. The summed E-state index contributed by atoms with van der Waals surface area (Å²) < 4.78 is 0. The van der Waals surface area contributed by atoms with Crippen molar-refractivity contribution in [2.24, 2.45) is 5.10 Å². The average molecular weight is 390 g/mol. The van der Waals surface area contributed by atoms with Crippen molar-refractivity contribution in [3.05, 3.63) is 100 Å². The Morgan fingerprint density at radius 3 is 2.57 bits per heavy atom. The predicted octanol–water partition coefficient (Wildman–Crippen LogP) is 5.44. The molecule has 3 aromatic rings. The Morgan fingerprint density at radius 2 is 1.82 bits per heavy atom. The van der Waals surface area contributed by atoms with Crippen LogP contribution in [0.3, 0.4) is 0 Å². The Labute approximate surface area is 169 Å². The van der Waals surface area contributed by atoms with E-state index in [1.807, 2.05) is 36.4 Å². The lowest BCUT2D eigenvalue weighted by atomic mass is 10.1. The molecule has 1 aliphatic heterocycles. The molecule has 0 radical (unpaired) electrons. The number of carbonyl (C=O) groups excluding carboxylic acids is 1. The van der Waals surface area contributed by atoms with Crippen LogP contribution in [0.25, 0.3) is 0 Å². The second-order valence-electron chi connectivity index (χ2n) is 6.78. The molecular formula is C23H20ClN3O. The van der Waals surface area contributed by atoms with E-state index in [-0.39, 0.29) is 12.1 Å². The lowest BCUT2D eigenvalue weighted by Gasteiger charge is -2.34. The number of hydrogen-bond donors (Lipinski definition) is 1. The molecule has 4 rings (SSSR count). The number of amides is 1. The van der Waals surface area contributed by atoms with E-state index in [0.29, 0.717) is 17.0 Å². The maximum atomic E-state index is 13.2. The van der Waals surface area contributed by atoms with E-state index in [4.69, 9.17) is 11.6 Å². The van der Waals surface area contributed by atoms with Crippen molar-refractivity contribution < 1.29 is 4.79 Å². The van der Waals surface area contributed by atoms with Crippen LogP contribution in [0.5, 0.6) is 0 Å². The zero-order valence-electron chi connectivity index (χ0n) is 15.5. The van der Waals surface area contributed by atoms with Crippen molar-refractivity contribution in [1.29, 1.82) is 0 Å². The molecule has 0 saturated carbocycles. The number of nitrogens with zero attached hydrogens (tertiary/aromatic N) is 2. The molecule has 1 heterocycles. The minimum Gasteiger partial charge on any atom is -0.359 e. The summed E-state index contributed by atoms with van der Waals surface area (Å²) in [5.74, 6) is -0.176. The van der Waals surface area contributed by atoms with Gasteiger partial charge in [0.05, 0.1) is 5.56 Å². The van der Waals surface area contributed by atoms with Crippen LogP contribution in [-0.2, 0) is 6.42 Å². The van der Waals surface area contributed by atoms with Crippen LogP contribution < -0.4 is 5.32 Å². The summed E-state index contributed by atoms with van der Waals surface area (Å²) in [5.41, 5.74) is 4.60. The van der Waals surface area contributed by atoms with Gasteiger partial charge in [-0.05, 0) is 36.2 Å². The van der Waals surface area contributed by atoms with Gasteiger partial charge in [-0.25, -0.2) is 5.01 Å². The van der Waals surface area contributed by atoms with Gasteiger partial charge in [0.2, 0.25) is 0 Å². The fourth-order valence-electron chi connectivity index (χ4n) is 3.21. The van der Waals surface area contributed by atoms with Crippen molar-refractivity contribution in [1.82, 2.24) is 5.01 Å². The molecule has 5 heteroatoms. The van der Waals surface area contributed by atoms with Crippen LogP contribution in [0.4, 0.5) is 5.69 Å². The number of fused-ring (bicyclic) bond motifs is 1. The number of nitrogens with one attached hydrogen (secondary N) is 1. The zero-order chi connectivity index (χ0) is 19.5. The number of benzene rings is 3. The number of hydrogen-bond acceptors (Lipinski definition) is 3. The van der Waals surface area contributed by atoms with Crippen molar-refractivity contribution in [2.45, 2.75) is 19.5 Å². The largest absolute Gasteiger partial charge is 0.359 e. The average Bonchev–Trinajstić information content (AvgIpc) is 2.72. The molecule has 0 spiro atoms. The third-order valence-corrected chi connectivity index (χ3v) is 4.96. The smallest absolute Gasteiger partial charge is 0.278 e. The molecule has 1 aliphatic rings. The Kier molecular flexibility index (Phi) is 5.13. The van der Waals surface area contributed by atoms with E-state index in [9.17, 15) is 4.79 Å². The van der Waals surface area contributed by atoms with Crippen molar-refractivity contribution in [3.8, 4) is 0 Å². The summed E-state index contributed by atoms with van der Waals surface area (Å²) in [6, 6.07) is 23.4. The first-order valence-electron chi connectivity index (χ1n) is 9.14. The molecule has 0 aromatic heterocycles. The number of hydrazone groups is 1. The molecule has 1 amide bonds. The number of anilines is 1. The molecule has 3 aromatic carbocycles. The van der Waals surface area contributed by atoms with Crippen molar-refractivity contribution >= 4 is 29.4 Å². The molecule has 0 saturated heterocycles. The standard InChI is InChI=1S/C23H20ClN3O/c1-16-7-9-17(10-8-16)13-14-25-27-22(18-5-3-2-4-6-18)26-21-12-11-19(24)15-20(21)23(27)28/h2-12,14-15,22,26H,13H2,1H3. The highest BCUT2D eigenvalue weighted by Crippen LogP contribution is 2.34. The summed E-state index contributed by atoms with van der Waals surface area (Å²) in [5, 5.41) is 9.94. The van der Waals surface area contributed by atoms with Gasteiger partial charge in [-0.3, -0.25) is 4.79 Å². The van der Waals surface area contributed by atoms with Crippen molar-refractivity contribution in [3.63, 3.8) is 0 Å². The van der Waals surface area contributed by atoms with E-state index in [1.165, 1.54) is 10.6 Å². The summed E-state index contributed by atoms with van der Waals surface area (Å²) in [6.45, 7) is 2.06. The number of halogens is 1. The third kappa shape index (κ3) is 3.78. The van der Waals surface area contributed by atoms with E-state index < -0.39 is 0 Å². The summed E-state index contributed by atoms with van der Waals surface area (Å²) in [4.78, 5) is 13.2. The van der Waals surface area contributed by atoms with Crippen LogP contribution in [0.2, 0.25) is 5.02 Å². The first-order valence-corrected chi connectivity index (χ1v) is 9.52. The minimum absolute atomic E-state index is 0.176. The minimum atomic E-state index is -0.378. The molecule has 1 N–H and O–H groups in total. The lowest BCUT2D eigenvalue weighted by molar-refractivity contribution is 0.0691. The van der Waals surface area contributed by atoms with Crippen LogP contribution in [0.15, 0.2) is 77.9 Å². The lowest BCUT2D eigenvalue weighted by Crippen LogP contribution is -2.39. The van der Waals surface area contributed by atoms with Crippen LogP contribution in [-0.4, -0.2) is 17.1 Å². The van der Waals surface area contributed by atoms with Crippen LogP contribution >= 0.6 is 11.6 Å². The van der Waals surface area contributed by atoms with Crippen LogP contribution in [0.1, 0.15) is 33.2 Å². The fourth-order valence-corrected chi connectivity index (χ4v) is 3.38. The normalized spacial score (nSPS) is 16.1. The first kappa shape index (κ1) is 18.3. The highest BCUT2D eigenvalue weighted by Gasteiger charge is 2.33. The molecule has 0 aliphatic carbocycles. The van der Waals surface area contributed by atoms with E-state index >= 15 is 0 Å². The van der Waals surface area contributed by atoms with Gasteiger partial charge < -0.3 is 5.32 Å². The van der Waals surface area contributed by atoms with E-state index in [1.54, 1.807) is 18.3 Å². The van der Waals surface area contributed by atoms with Gasteiger partial charge in [-0.1, -0.05) is 71.8 Å². The second-order valence-corrected chi connectivity index (χ2v) is 7.22. The van der Waals surface area contributed by atoms with Gasteiger partial charge in [0.1, 0.15) is 0 Å². The molecule has 1 atom stereocenters. The Bertz CT molecular complexity index is 1020. The highest BCUT2D eigenvalue weighted by atomic mass is 35.5. The molecule has 0 fully saturated rings. The maximum absolute atomic E-state index is 13.2. The first-order chi connectivity index (χ1) is 13.6. The van der Waals surface area contributed by atoms with E-state index in [0.717, 1.165) is 16.8 Å². The SMILES string of the molecule is Cc1ccc(CC=NN2C(=O)c3cc(Cl)ccc3NC2c2ccccc2)cc1. The van der Waals surface area contributed by atoms with Gasteiger partial charge in [-0.15, -0.1) is 0 Å². The highest BCUT2D eigenvalue weighted by molar-refractivity contribution is 6.31. The molecule has 1 unspecified atom stereocenters. The predicted molar refractivity (Wildman–Crippen MR) is 114 cm³/mol. The third-order valence-electron chi connectivity index (χ3n) is 4.73. The number of rotatable bonds is 4. The van der Waals surface area contributed by atoms with Crippen LogP contribution in [0, 0.1) is 6.92 Å². The second kappa shape index (κ2) is 7.87. The van der Waals surface area contributed by atoms with Gasteiger partial charge in [0, 0.05) is 23.3 Å². The quantitative estimate of drug-likeness (QED) is 0.603. The van der Waals surface area contributed by atoms with Gasteiger partial charge in [0.15, 0.2) is 6.17 Å². The Balaban J connectivity index is 1.65. The fraction of sp³-hybridized carbons (Fsp3) is 0.130. The molecule has 28 heavy (non-hydrogen) atoms. The summed E-state index contributed by atoms with van der Waals surface area (Å²) >= 11 is 6.10. The maximum Gasteiger partial charge on any atom is 0.278 e. The number of aryl methyl sites for hydroxylation is 1. The molecule has 4 nitrogen and oxygen atoms in total. The summed E-state index contributed by atoms with van der Waals surface area (Å²) in [7, 11) is 0. The van der Waals surface area contributed by atoms with Crippen molar-refractivity contribution in [2.75, 3.05) is 5.32 Å². The number of carbonyl (C=O) groups is 1. The molecule has 140 valence electrons. The van der Waals surface area contributed by atoms with Gasteiger partial charge in [-0.2, -0.15) is 5.10 Å². The molecule has 0 bridgehead atoms.